The number of pyridine rings is 1. The lowest BCUT2D eigenvalue weighted by Gasteiger charge is -2.29. The van der Waals surface area contributed by atoms with Gasteiger partial charge < -0.3 is 32.1 Å². The molecule has 1 saturated heterocycles. The molecule has 7 N–H and O–H groups in total. The third-order valence-corrected chi connectivity index (χ3v) is 5.71. The highest BCUT2D eigenvalue weighted by Crippen LogP contribution is 2.12. The van der Waals surface area contributed by atoms with Crippen LogP contribution in [0.2, 0.25) is 0 Å². The van der Waals surface area contributed by atoms with Crippen LogP contribution in [0.5, 0.6) is 0 Å². The summed E-state index contributed by atoms with van der Waals surface area (Å²) in [5, 5.41) is 14.5. The third kappa shape index (κ3) is 7.90. The number of likely N-dealkylation sites (tertiary alicyclic amines) is 1. The van der Waals surface area contributed by atoms with Crippen LogP contribution in [0.4, 0.5) is 11.6 Å². The second-order valence-electron chi connectivity index (χ2n) is 8.36. The van der Waals surface area contributed by atoms with Gasteiger partial charge in [-0.1, -0.05) is 6.07 Å². The predicted octanol–water partition coefficient (Wildman–Crippen LogP) is -0.479. The van der Waals surface area contributed by atoms with E-state index in [4.69, 9.17) is 16.6 Å². The number of carbonyl (C=O) groups is 1. The Morgan fingerprint density at radius 3 is 2.61 bits per heavy atom. The Balaban J connectivity index is 1.43. The minimum Gasteiger partial charge on any atom is -0.394 e. The molecule has 180 valence electrons. The zero-order valence-electron chi connectivity index (χ0n) is 18.8. The van der Waals surface area contributed by atoms with E-state index in [9.17, 15) is 9.59 Å². The number of carbonyl (C=O) groups excluding carboxylic acids is 1. The van der Waals surface area contributed by atoms with Crippen molar-refractivity contribution in [3.63, 3.8) is 0 Å². The highest BCUT2D eigenvalue weighted by Gasteiger charge is 2.15. The van der Waals surface area contributed by atoms with E-state index in [0.717, 1.165) is 50.9 Å². The minimum absolute atomic E-state index is 0.249. The number of nitrogens with zero attached hydrogens (tertiary/aromatic N) is 4. The first kappa shape index (κ1) is 24.8. The van der Waals surface area contributed by atoms with Gasteiger partial charge in [-0.05, 0) is 63.0 Å². The van der Waals surface area contributed by atoms with Crippen molar-refractivity contribution in [2.24, 2.45) is 11.5 Å². The fourth-order valence-electron chi connectivity index (χ4n) is 3.60. The number of nitrogens with one attached hydrogen (secondary N) is 2. The molecule has 0 saturated carbocycles. The molecule has 3 rings (SSSR count). The van der Waals surface area contributed by atoms with Crippen molar-refractivity contribution in [2.45, 2.75) is 50.9 Å². The molecule has 1 amide bonds. The van der Waals surface area contributed by atoms with E-state index in [-0.39, 0.29) is 12.2 Å². The van der Waals surface area contributed by atoms with Crippen LogP contribution in [0, 0.1) is 0 Å². The molecular weight excluding hydrogens is 424 g/mol. The summed E-state index contributed by atoms with van der Waals surface area (Å²) >= 11 is 0. The van der Waals surface area contributed by atoms with E-state index in [1.54, 1.807) is 35.2 Å². The summed E-state index contributed by atoms with van der Waals surface area (Å²) < 4.78 is 1.62. The number of hydrogen-bond donors (Lipinski definition) is 5. The van der Waals surface area contributed by atoms with Gasteiger partial charge in [-0.3, -0.25) is 9.36 Å². The van der Waals surface area contributed by atoms with E-state index in [1.807, 2.05) is 0 Å². The van der Waals surface area contributed by atoms with Crippen molar-refractivity contribution in [3.05, 3.63) is 46.6 Å². The van der Waals surface area contributed by atoms with Crippen LogP contribution in [0.15, 0.2) is 35.4 Å². The van der Waals surface area contributed by atoms with Crippen molar-refractivity contribution in [1.82, 2.24) is 24.8 Å². The van der Waals surface area contributed by atoms with Gasteiger partial charge in [0.1, 0.15) is 17.7 Å². The normalized spacial score (nSPS) is 15.8. The SMILES string of the molecule is NC1CCN(CCCCn2ccc(Nc3ccc(CNC(=O)C(N)CO)cn3)nc2=O)CC1. The van der Waals surface area contributed by atoms with E-state index < -0.39 is 18.6 Å². The molecule has 0 aliphatic carbocycles. The molecule has 1 aliphatic heterocycles. The zero-order chi connectivity index (χ0) is 23.6. The summed E-state index contributed by atoms with van der Waals surface area (Å²) in [7, 11) is 0. The number of hydrogen-bond acceptors (Lipinski definition) is 9. The first-order chi connectivity index (χ1) is 15.9. The second kappa shape index (κ2) is 12.4. The van der Waals surface area contributed by atoms with Crippen LogP contribution >= 0.6 is 0 Å². The Kier molecular flexibility index (Phi) is 9.31. The van der Waals surface area contributed by atoms with Crippen molar-refractivity contribution in [1.29, 1.82) is 0 Å². The van der Waals surface area contributed by atoms with Gasteiger partial charge >= 0.3 is 5.69 Å². The van der Waals surface area contributed by atoms with Crippen molar-refractivity contribution >= 4 is 17.5 Å². The Labute approximate surface area is 193 Å². The Morgan fingerprint density at radius 1 is 1.18 bits per heavy atom. The number of piperidine rings is 1. The molecular formula is C22H34N8O3. The molecule has 1 unspecified atom stereocenters. The number of amides is 1. The van der Waals surface area contributed by atoms with Gasteiger partial charge in [0.15, 0.2) is 0 Å². The van der Waals surface area contributed by atoms with Crippen LogP contribution in [0.25, 0.3) is 0 Å². The predicted molar refractivity (Wildman–Crippen MR) is 126 cm³/mol. The number of unbranched alkanes of at least 4 members (excludes halogenated alkanes) is 1. The minimum atomic E-state index is -0.943. The maximum absolute atomic E-state index is 12.3. The van der Waals surface area contributed by atoms with Crippen LogP contribution in [0.3, 0.4) is 0 Å². The molecule has 11 heteroatoms. The second-order valence-corrected chi connectivity index (χ2v) is 8.36. The lowest BCUT2D eigenvalue weighted by molar-refractivity contribution is -0.123. The number of aliphatic hydroxyl groups excluding tert-OH is 1. The molecule has 3 heterocycles. The monoisotopic (exact) mass is 458 g/mol. The van der Waals surface area contributed by atoms with Gasteiger partial charge in [0, 0.05) is 31.5 Å². The van der Waals surface area contributed by atoms with Gasteiger partial charge in [-0.25, -0.2) is 9.78 Å². The Bertz CT molecular complexity index is 941. The molecule has 0 spiro atoms. The summed E-state index contributed by atoms with van der Waals surface area (Å²) in [6.45, 7) is 3.63. The van der Waals surface area contributed by atoms with Gasteiger partial charge in [0.05, 0.1) is 6.61 Å². The summed E-state index contributed by atoms with van der Waals surface area (Å²) in [5.41, 5.74) is 11.9. The lowest BCUT2D eigenvalue weighted by atomic mass is 10.1. The number of rotatable bonds is 11. The number of nitrogens with two attached hydrogens (primary N) is 2. The maximum Gasteiger partial charge on any atom is 0.349 e. The molecule has 11 nitrogen and oxygen atoms in total. The smallest absolute Gasteiger partial charge is 0.349 e. The van der Waals surface area contributed by atoms with Crippen LogP contribution < -0.4 is 27.8 Å². The fourth-order valence-corrected chi connectivity index (χ4v) is 3.60. The molecule has 2 aromatic rings. The van der Waals surface area contributed by atoms with Crippen molar-refractivity contribution < 1.29 is 9.90 Å². The van der Waals surface area contributed by atoms with Crippen molar-refractivity contribution in [3.8, 4) is 0 Å². The number of aromatic nitrogens is 3. The Morgan fingerprint density at radius 2 is 1.94 bits per heavy atom. The quantitative estimate of drug-likeness (QED) is 0.280. The number of aliphatic hydroxyl groups is 1. The van der Waals surface area contributed by atoms with E-state index in [2.05, 4.69) is 25.5 Å². The van der Waals surface area contributed by atoms with E-state index in [1.165, 1.54) is 0 Å². The Hall–Kier alpha value is -2.86. The zero-order valence-corrected chi connectivity index (χ0v) is 18.8. The maximum atomic E-state index is 12.3. The first-order valence-corrected chi connectivity index (χ1v) is 11.4. The van der Waals surface area contributed by atoms with Crippen LogP contribution in [-0.4, -0.2) is 68.8 Å². The molecule has 0 radical (unpaired) electrons. The first-order valence-electron chi connectivity index (χ1n) is 11.4. The fraction of sp³-hybridized carbons (Fsp3) is 0.545. The summed E-state index contributed by atoms with van der Waals surface area (Å²) in [4.78, 5) is 34.8. The third-order valence-electron chi connectivity index (χ3n) is 5.71. The average Bonchev–Trinajstić information content (AvgIpc) is 2.83. The summed E-state index contributed by atoms with van der Waals surface area (Å²) in [5.74, 6) is 0.520. The topological polar surface area (TPSA) is 164 Å². The van der Waals surface area contributed by atoms with Gasteiger partial charge in [0.25, 0.3) is 0 Å². The molecule has 33 heavy (non-hydrogen) atoms. The van der Waals surface area contributed by atoms with Crippen molar-refractivity contribution in [2.75, 3.05) is 31.6 Å². The molecule has 0 bridgehead atoms. The molecule has 1 atom stereocenters. The lowest BCUT2D eigenvalue weighted by Crippen LogP contribution is -2.42. The summed E-state index contributed by atoms with van der Waals surface area (Å²) in [6, 6.07) is 4.67. The standard InChI is InChI=1S/C22H34N8O3/c23-17-5-10-29(11-6-17)8-1-2-9-30-12-7-20(28-22(30)33)27-19-4-3-16(13-25-19)14-26-21(32)18(24)15-31/h3-4,7,12-13,17-18,31H,1-2,5-6,8-11,14-15,23-24H2,(H,26,32)(H,25,27,28,33). The number of anilines is 2. The molecule has 1 aliphatic rings. The average molecular weight is 459 g/mol. The highest BCUT2D eigenvalue weighted by molar-refractivity contribution is 5.81. The molecule has 1 fully saturated rings. The van der Waals surface area contributed by atoms with E-state index in [0.29, 0.717) is 24.2 Å². The van der Waals surface area contributed by atoms with Crippen LogP contribution in [0.1, 0.15) is 31.2 Å². The largest absolute Gasteiger partial charge is 0.394 e. The number of aryl methyl sites for hydroxylation is 1. The van der Waals surface area contributed by atoms with Gasteiger partial charge in [-0.15, -0.1) is 0 Å². The van der Waals surface area contributed by atoms with Gasteiger partial charge in [-0.2, -0.15) is 4.98 Å². The highest BCUT2D eigenvalue weighted by atomic mass is 16.3. The van der Waals surface area contributed by atoms with E-state index >= 15 is 0 Å². The molecule has 2 aromatic heterocycles. The molecule has 0 aromatic carbocycles. The van der Waals surface area contributed by atoms with Gasteiger partial charge in [0.2, 0.25) is 5.91 Å². The van der Waals surface area contributed by atoms with Crippen LogP contribution in [-0.2, 0) is 17.9 Å². The summed E-state index contributed by atoms with van der Waals surface area (Å²) in [6.07, 6.45) is 7.41.